The molecule has 1 heteroatoms. The second kappa shape index (κ2) is 2.27. The zero-order valence-corrected chi connectivity index (χ0v) is 5.91. The van der Waals surface area contributed by atoms with Gasteiger partial charge >= 0.3 is 0 Å². The van der Waals surface area contributed by atoms with Gasteiger partial charge in [0.2, 0.25) is 0 Å². The Morgan fingerprint density at radius 3 is 2.91 bits per heavy atom. The largest absolute Gasteiger partial charge is 0.508 e. The molecule has 2 rings (SSSR count). The third kappa shape index (κ3) is 1.05. The molecule has 11 heavy (non-hydrogen) atoms. The Bertz CT molecular complexity index is 379. The summed E-state index contributed by atoms with van der Waals surface area (Å²) in [6.07, 6.45) is 0. The van der Waals surface area contributed by atoms with Crippen molar-refractivity contribution in [1.82, 2.24) is 0 Å². The highest BCUT2D eigenvalue weighted by Gasteiger charge is 1.91. The molecule has 0 aliphatic carbocycles. The first-order chi connectivity index (χ1) is 5.36. The summed E-state index contributed by atoms with van der Waals surface area (Å²) >= 11 is 0. The van der Waals surface area contributed by atoms with Crippen LogP contribution in [0.1, 0.15) is 0 Å². The summed E-state index contributed by atoms with van der Waals surface area (Å²) in [5.74, 6) is 0.267. The molecule has 1 N–H and O–H groups in total. The van der Waals surface area contributed by atoms with Crippen LogP contribution in [-0.4, -0.2) is 5.11 Å². The standard InChI is InChI=1S/C10H7O/c11-10-6-5-8-3-1-2-4-9(8)7-10/h1-4,6-7,11H. The number of benzene rings is 2. The maximum absolute atomic E-state index is 9.10. The molecule has 0 heterocycles. The Kier molecular flexibility index (Phi) is 1.29. The minimum Gasteiger partial charge on any atom is -0.508 e. The molecule has 0 aromatic heterocycles. The number of phenolic OH excluding ortho intramolecular Hbond substituents is 1. The normalized spacial score (nSPS) is 10.2. The Morgan fingerprint density at radius 2 is 2.00 bits per heavy atom. The molecule has 0 spiro atoms. The van der Waals surface area contributed by atoms with Crippen LogP contribution in [0.4, 0.5) is 0 Å². The van der Waals surface area contributed by atoms with Crippen molar-refractivity contribution in [2.45, 2.75) is 0 Å². The van der Waals surface area contributed by atoms with E-state index in [1.807, 2.05) is 24.3 Å². The molecule has 0 amide bonds. The van der Waals surface area contributed by atoms with Gasteiger partial charge in [0.15, 0.2) is 0 Å². The Hall–Kier alpha value is -1.50. The predicted octanol–water partition coefficient (Wildman–Crippen LogP) is 2.35. The molecule has 0 aliphatic rings. The Balaban J connectivity index is 2.83. The van der Waals surface area contributed by atoms with Crippen molar-refractivity contribution in [3.8, 4) is 5.75 Å². The summed E-state index contributed by atoms with van der Waals surface area (Å²) in [5.41, 5.74) is 0. The summed E-state index contributed by atoms with van der Waals surface area (Å²) in [5, 5.41) is 11.2. The average molecular weight is 143 g/mol. The van der Waals surface area contributed by atoms with Gasteiger partial charge in [-0.1, -0.05) is 24.3 Å². The van der Waals surface area contributed by atoms with Crippen molar-refractivity contribution in [3.63, 3.8) is 0 Å². The summed E-state index contributed by atoms with van der Waals surface area (Å²) < 4.78 is 0. The van der Waals surface area contributed by atoms with Crippen LogP contribution in [0.2, 0.25) is 0 Å². The molecule has 0 saturated heterocycles. The van der Waals surface area contributed by atoms with Gasteiger partial charge in [-0.05, 0) is 29.0 Å². The Morgan fingerprint density at radius 1 is 1.18 bits per heavy atom. The summed E-state index contributed by atoms with van der Waals surface area (Å²) in [6, 6.07) is 14.1. The minimum absolute atomic E-state index is 0.267. The van der Waals surface area contributed by atoms with E-state index in [1.54, 1.807) is 12.1 Å². The molecule has 0 unspecified atom stereocenters. The molecule has 0 fully saturated rings. The summed E-state index contributed by atoms with van der Waals surface area (Å²) in [6.45, 7) is 0. The molecule has 0 aliphatic heterocycles. The first kappa shape index (κ1) is 6.23. The predicted molar refractivity (Wildman–Crippen MR) is 44.4 cm³/mol. The smallest absolute Gasteiger partial charge is 0.116 e. The van der Waals surface area contributed by atoms with Crippen LogP contribution in [0.3, 0.4) is 0 Å². The summed E-state index contributed by atoms with van der Waals surface area (Å²) in [7, 11) is 0. The molecule has 0 saturated carbocycles. The highest BCUT2D eigenvalue weighted by atomic mass is 16.3. The fourth-order valence-electron chi connectivity index (χ4n) is 1.11. The van der Waals surface area contributed by atoms with E-state index < -0.39 is 0 Å². The highest BCUT2D eigenvalue weighted by Crippen LogP contribution is 2.18. The van der Waals surface area contributed by atoms with Crippen molar-refractivity contribution < 1.29 is 5.11 Å². The lowest BCUT2D eigenvalue weighted by Gasteiger charge is -1.95. The number of aromatic hydroxyl groups is 1. The zero-order chi connectivity index (χ0) is 7.68. The lowest BCUT2D eigenvalue weighted by molar-refractivity contribution is 0.476. The number of hydrogen-bond donors (Lipinski definition) is 1. The molecule has 0 bridgehead atoms. The number of phenols is 1. The minimum atomic E-state index is 0.267. The topological polar surface area (TPSA) is 20.2 Å². The zero-order valence-electron chi connectivity index (χ0n) is 5.91. The van der Waals surface area contributed by atoms with E-state index in [1.165, 1.54) is 0 Å². The number of hydrogen-bond acceptors (Lipinski definition) is 1. The third-order valence-corrected chi connectivity index (χ3v) is 1.64. The van der Waals surface area contributed by atoms with E-state index in [0.29, 0.717) is 0 Å². The van der Waals surface area contributed by atoms with E-state index in [0.717, 1.165) is 10.8 Å². The molecular formula is C10H7O. The lowest BCUT2D eigenvalue weighted by Crippen LogP contribution is -1.70. The van der Waals surface area contributed by atoms with Crippen LogP contribution in [0.25, 0.3) is 10.8 Å². The fraction of sp³-hybridized carbons (Fsp3) is 0. The number of fused-ring (bicyclic) bond motifs is 1. The molecular weight excluding hydrogens is 136 g/mol. The van der Waals surface area contributed by atoms with E-state index in [4.69, 9.17) is 5.11 Å². The van der Waals surface area contributed by atoms with E-state index in [9.17, 15) is 0 Å². The first-order valence-electron chi connectivity index (χ1n) is 3.46. The summed E-state index contributed by atoms with van der Waals surface area (Å²) in [4.78, 5) is 0. The van der Waals surface area contributed by atoms with Crippen molar-refractivity contribution >= 4 is 10.8 Å². The molecule has 1 nitrogen and oxygen atoms in total. The average Bonchev–Trinajstić information content (AvgIpc) is 2.04. The third-order valence-electron chi connectivity index (χ3n) is 1.64. The van der Waals surface area contributed by atoms with E-state index >= 15 is 0 Å². The molecule has 0 atom stereocenters. The van der Waals surface area contributed by atoms with Gasteiger partial charge in [-0.2, -0.15) is 0 Å². The van der Waals surface area contributed by atoms with Gasteiger partial charge in [-0.3, -0.25) is 0 Å². The Labute approximate surface area is 64.9 Å². The van der Waals surface area contributed by atoms with Gasteiger partial charge < -0.3 is 5.11 Å². The van der Waals surface area contributed by atoms with Crippen molar-refractivity contribution in [1.29, 1.82) is 0 Å². The SMILES string of the molecule is Oc1c[c]c2ccccc2c1. The first-order valence-corrected chi connectivity index (χ1v) is 3.46. The van der Waals surface area contributed by atoms with Crippen LogP contribution >= 0.6 is 0 Å². The van der Waals surface area contributed by atoms with Gasteiger partial charge in [0.1, 0.15) is 5.75 Å². The second-order valence-corrected chi connectivity index (χ2v) is 2.45. The van der Waals surface area contributed by atoms with Gasteiger partial charge in [-0.25, -0.2) is 0 Å². The maximum Gasteiger partial charge on any atom is 0.116 e. The lowest BCUT2D eigenvalue weighted by atomic mass is 10.1. The van der Waals surface area contributed by atoms with Crippen LogP contribution in [-0.2, 0) is 0 Å². The highest BCUT2D eigenvalue weighted by molar-refractivity contribution is 5.82. The van der Waals surface area contributed by atoms with Gasteiger partial charge in [0.25, 0.3) is 0 Å². The van der Waals surface area contributed by atoms with Crippen LogP contribution in [0, 0.1) is 6.07 Å². The van der Waals surface area contributed by atoms with Crippen molar-refractivity contribution in [2.75, 3.05) is 0 Å². The monoisotopic (exact) mass is 143 g/mol. The molecule has 2 aromatic rings. The van der Waals surface area contributed by atoms with Crippen molar-refractivity contribution in [3.05, 3.63) is 42.5 Å². The van der Waals surface area contributed by atoms with Gasteiger partial charge in [0, 0.05) is 0 Å². The number of rotatable bonds is 0. The second-order valence-electron chi connectivity index (χ2n) is 2.45. The van der Waals surface area contributed by atoms with Crippen LogP contribution < -0.4 is 0 Å². The van der Waals surface area contributed by atoms with Crippen LogP contribution in [0.15, 0.2) is 36.4 Å². The quantitative estimate of drug-likeness (QED) is 0.600. The van der Waals surface area contributed by atoms with Crippen molar-refractivity contribution in [2.24, 2.45) is 0 Å². The van der Waals surface area contributed by atoms with Gasteiger partial charge in [-0.15, -0.1) is 0 Å². The van der Waals surface area contributed by atoms with Crippen LogP contribution in [0.5, 0.6) is 5.75 Å². The van der Waals surface area contributed by atoms with E-state index in [2.05, 4.69) is 6.07 Å². The maximum atomic E-state index is 9.10. The molecule has 1 radical (unpaired) electrons. The fourth-order valence-corrected chi connectivity index (χ4v) is 1.11. The molecule has 2 aromatic carbocycles. The van der Waals surface area contributed by atoms with Gasteiger partial charge in [0.05, 0.1) is 0 Å². The molecule has 53 valence electrons. The van der Waals surface area contributed by atoms with E-state index in [-0.39, 0.29) is 5.75 Å².